The van der Waals surface area contributed by atoms with E-state index in [4.69, 9.17) is 5.73 Å². The first-order valence-electron chi connectivity index (χ1n) is 5.97. The molecule has 1 aromatic rings. The van der Waals surface area contributed by atoms with Crippen molar-refractivity contribution < 1.29 is 4.79 Å². The first kappa shape index (κ1) is 12.8. The van der Waals surface area contributed by atoms with Crippen LogP contribution in [0.2, 0.25) is 0 Å². The molecule has 0 aliphatic heterocycles. The Hall–Kier alpha value is -1.31. The van der Waals surface area contributed by atoms with Crippen molar-refractivity contribution in [3.8, 4) is 0 Å². The maximum atomic E-state index is 12.0. The van der Waals surface area contributed by atoms with Crippen LogP contribution in [0.1, 0.15) is 49.0 Å². The zero-order valence-corrected chi connectivity index (χ0v) is 10.4. The van der Waals surface area contributed by atoms with Crippen LogP contribution in [0.15, 0.2) is 18.2 Å². The number of nitrogens with two attached hydrogens (primary N) is 1. The Morgan fingerprint density at radius 1 is 1.31 bits per heavy atom. The number of Topliss-reactive ketones (excluding diaryl/α,β-unsaturated/α-hetero) is 1. The molecule has 0 amide bonds. The second-order valence-corrected chi connectivity index (χ2v) is 4.38. The minimum absolute atomic E-state index is 0.233. The third-order valence-electron chi connectivity index (χ3n) is 3.22. The highest BCUT2D eigenvalue weighted by molar-refractivity contribution is 5.96. The average molecular weight is 219 g/mol. The van der Waals surface area contributed by atoms with Crippen LogP contribution in [0, 0.1) is 12.8 Å². The van der Waals surface area contributed by atoms with Crippen LogP contribution in [0.4, 0.5) is 5.69 Å². The lowest BCUT2D eigenvalue weighted by Gasteiger charge is -2.11. The number of hydrogen-bond donors (Lipinski definition) is 1. The Morgan fingerprint density at radius 2 is 1.94 bits per heavy atom. The molecule has 0 aromatic heterocycles. The molecule has 88 valence electrons. The summed E-state index contributed by atoms with van der Waals surface area (Å²) in [5.74, 6) is 0.738. The van der Waals surface area contributed by atoms with Crippen molar-refractivity contribution in [2.75, 3.05) is 5.73 Å². The Kier molecular flexibility index (Phi) is 4.53. The molecule has 2 nitrogen and oxygen atoms in total. The van der Waals surface area contributed by atoms with Crippen molar-refractivity contribution in [1.82, 2.24) is 0 Å². The van der Waals surface area contributed by atoms with Gasteiger partial charge in [0.15, 0.2) is 5.78 Å². The van der Waals surface area contributed by atoms with Gasteiger partial charge in [-0.3, -0.25) is 4.79 Å². The summed E-state index contributed by atoms with van der Waals surface area (Å²) in [4.78, 5) is 12.0. The fourth-order valence-electron chi connectivity index (χ4n) is 1.81. The Labute approximate surface area is 97.9 Å². The van der Waals surface area contributed by atoms with Crippen molar-refractivity contribution in [1.29, 1.82) is 0 Å². The Bertz CT molecular complexity index is 367. The number of hydrogen-bond acceptors (Lipinski definition) is 2. The van der Waals surface area contributed by atoms with Crippen molar-refractivity contribution in [2.45, 2.75) is 40.0 Å². The third kappa shape index (κ3) is 3.09. The predicted octanol–water partition coefficient (Wildman–Crippen LogP) is 3.59. The van der Waals surface area contributed by atoms with Gasteiger partial charge in [0.1, 0.15) is 0 Å². The maximum Gasteiger partial charge on any atom is 0.163 e. The molecule has 0 fully saturated rings. The smallest absolute Gasteiger partial charge is 0.163 e. The molecule has 1 rings (SSSR count). The second kappa shape index (κ2) is 5.69. The number of ketones is 1. The van der Waals surface area contributed by atoms with Crippen LogP contribution in [0.5, 0.6) is 0 Å². The van der Waals surface area contributed by atoms with Gasteiger partial charge in [-0.2, -0.15) is 0 Å². The van der Waals surface area contributed by atoms with Crippen molar-refractivity contribution in [3.63, 3.8) is 0 Å². The molecule has 2 N–H and O–H groups in total. The van der Waals surface area contributed by atoms with Gasteiger partial charge in [-0.1, -0.05) is 26.7 Å². The summed E-state index contributed by atoms with van der Waals surface area (Å²) < 4.78 is 0. The standard InChI is InChI=1S/C14H21NO/c1-4-11(5-2)9-14(16)12-6-7-13(15)10(3)8-12/h6-8,11H,4-5,9,15H2,1-3H3. The lowest BCUT2D eigenvalue weighted by molar-refractivity contribution is 0.0958. The summed E-state index contributed by atoms with van der Waals surface area (Å²) in [5.41, 5.74) is 8.25. The van der Waals surface area contributed by atoms with E-state index in [0.717, 1.165) is 29.7 Å². The van der Waals surface area contributed by atoms with Gasteiger partial charge in [0.2, 0.25) is 0 Å². The van der Waals surface area contributed by atoms with E-state index in [1.807, 2.05) is 25.1 Å². The summed E-state index contributed by atoms with van der Waals surface area (Å²) in [5, 5.41) is 0. The molecule has 0 saturated heterocycles. The van der Waals surface area contributed by atoms with Gasteiger partial charge in [-0.15, -0.1) is 0 Å². The first-order valence-corrected chi connectivity index (χ1v) is 5.97. The number of aryl methyl sites for hydroxylation is 1. The van der Waals surface area contributed by atoms with Crippen molar-refractivity contribution in [2.24, 2.45) is 5.92 Å². The highest BCUT2D eigenvalue weighted by Gasteiger charge is 2.12. The molecule has 0 aliphatic carbocycles. The van der Waals surface area contributed by atoms with Crippen LogP contribution in [0.25, 0.3) is 0 Å². The molecular weight excluding hydrogens is 198 g/mol. The topological polar surface area (TPSA) is 43.1 Å². The van der Waals surface area contributed by atoms with E-state index in [1.165, 1.54) is 0 Å². The molecule has 1 aromatic carbocycles. The molecule has 2 heteroatoms. The lowest BCUT2D eigenvalue weighted by Crippen LogP contribution is -2.08. The summed E-state index contributed by atoms with van der Waals surface area (Å²) in [7, 11) is 0. The molecule has 0 atom stereocenters. The summed E-state index contributed by atoms with van der Waals surface area (Å²) in [6, 6.07) is 5.53. The molecular formula is C14H21NO. The molecule has 0 radical (unpaired) electrons. The highest BCUT2D eigenvalue weighted by atomic mass is 16.1. The maximum absolute atomic E-state index is 12.0. The van der Waals surface area contributed by atoms with E-state index in [1.54, 1.807) is 0 Å². The molecule has 16 heavy (non-hydrogen) atoms. The molecule has 0 aliphatic rings. The molecule has 0 unspecified atom stereocenters. The first-order chi connectivity index (χ1) is 7.58. The van der Waals surface area contributed by atoms with Gasteiger partial charge < -0.3 is 5.73 Å². The minimum Gasteiger partial charge on any atom is -0.399 e. The van der Waals surface area contributed by atoms with Crippen LogP contribution in [0.3, 0.4) is 0 Å². The number of anilines is 1. The number of carbonyl (C=O) groups is 1. The number of benzene rings is 1. The molecule has 0 bridgehead atoms. The average Bonchev–Trinajstić information content (AvgIpc) is 2.29. The largest absolute Gasteiger partial charge is 0.399 e. The van der Waals surface area contributed by atoms with E-state index < -0.39 is 0 Å². The van der Waals surface area contributed by atoms with Gasteiger partial charge in [0.05, 0.1) is 0 Å². The van der Waals surface area contributed by atoms with Crippen LogP contribution in [-0.2, 0) is 0 Å². The third-order valence-corrected chi connectivity index (χ3v) is 3.22. The second-order valence-electron chi connectivity index (χ2n) is 4.38. The van der Waals surface area contributed by atoms with Gasteiger partial charge in [-0.05, 0) is 36.6 Å². The van der Waals surface area contributed by atoms with Crippen LogP contribution in [-0.4, -0.2) is 5.78 Å². The number of rotatable bonds is 5. The zero-order valence-electron chi connectivity index (χ0n) is 10.4. The normalized spacial score (nSPS) is 10.8. The highest BCUT2D eigenvalue weighted by Crippen LogP contribution is 2.19. The van der Waals surface area contributed by atoms with E-state index in [9.17, 15) is 4.79 Å². The van der Waals surface area contributed by atoms with E-state index in [0.29, 0.717) is 12.3 Å². The fourth-order valence-corrected chi connectivity index (χ4v) is 1.81. The Balaban J connectivity index is 2.76. The van der Waals surface area contributed by atoms with Gasteiger partial charge in [0.25, 0.3) is 0 Å². The predicted molar refractivity (Wildman–Crippen MR) is 68.6 cm³/mol. The fraction of sp³-hybridized carbons (Fsp3) is 0.500. The van der Waals surface area contributed by atoms with E-state index in [2.05, 4.69) is 13.8 Å². The van der Waals surface area contributed by atoms with Gasteiger partial charge in [-0.25, -0.2) is 0 Å². The van der Waals surface area contributed by atoms with Gasteiger partial charge >= 0.3 is 0 Å². The summed E-state index contributed by atoms with van der Waals surface area (Å²) in [6.45, 7) is 6.20. The van der Waals surface area contributed by atoms with Crippen LogP contribution < -0.4 is 5.73 Å². The summed E-state index contributed by atoms with van der Waals surface area (Å²) >= 11 is 0. The SMILES string of the molecule is CCC(CC)CC(=O)c1ccc(N)c(C)c1. The quantitative estimate of drug-likeness (QED) is 0.607. The molecule has 0 saturated carbocycles. The zero-order chi connectivity index (χ0) is 12.1. The van der Waals surface area contributed by atoms with E-state index >= 15 is 0 Å². The number of nitrogen functional groups attached to an aromatic ring is 1. The van der Waals surface area contributed by atoms with Crippen molar-refractivity contribution in [3.05, 3.63) is 29.3 Å². The van der Waals surface area contributed by atoms with Gasteiger partial charge in [0, 0.05) is 17.7 Å². The Morgan fingerprint density at radius 3 is 2.44 bits per heavy atom. The molecule has 0 heterocycles. The van der Waals surface area contributed by atoms with E-state index in [-0.39, 0.29) is 5.78 Å². The minimum atomic E-state index is 0.233. The van der Waals surface area contributed by atoms with Crippen molar-refractivity contribution >= 4 is 11.5 Å². The molecule has 0 spiro atoms. The lowest BCUT2D eigenvalue weighted by atomic mass is 9.93. The number of carbonyl (C=O) groups excluding carboxylic acids is 1. The monoisotopic (exact) mass is 219 g/mol. The summed E-state index contributed by atoms with van der Waals surface area (Å²) in [6.07, 6.45) is 2.78. The van der Waals surface area contributed by atoms with Crippen LogP contribution >= 0.6 is 0 Å².